The topological polar surface area (TPSA) is 21.6 Å². The van der Waals surface area contributed by atoms with Crippen LogP contribution >= 0.6 is 0 Å². The zero-order chi connectivity index (χ0) is 11.1. The van der Waals surface area contributed by atoms with Crippen molar-refractivity contribution < 1.29 is 4.74 Å². The van der Waals surface area contributed by atoms with E-state index in [0.717, 1.165) is 17.9 Å². The quantitative estimate of drug-likeness (QED) is 0.666. The van der Waals surface area contributed by atoms with Gasteiger partial charge in [-0.15, -0.1) is 0 Å². The standard InChI is InChI=1S/C13H19NO/c1-4-5-7-11(2)14-12-8-6-9-13(10-12)15-3/h6,8-10H,4-5,7H2,1-3H3. The van der Waals surface area contributed by atoms with E-state index >= 15 is 0 Å². The number of aliphatic imine (C=N–C) groups is 1. The normalized spacial score (nSPS) is 11.5. The summed E-state index contributed by atoms with van der Waals surface area (Å²) in [6, 6.07) is 7.85. The van der Waals surface area contributed by atoms with E-state index in [9.17, 15) is 0 Å². The molecule has 0 unspecified atom stereocenters. The molecule has 0 N–H and O–H groups in total. The lowest BCUT2D eigenvalue weighted by atomic mass is 10.2. The van der Waals surface area contributed by atoms with Crippen molar-refractivity contribution >= 4 is 11.4 Å². The molecule has 0 atom stereocenters. The molecular weight excluding hydrogens is 186 g/mol. The van der Waals surface area contributed by atoms with Gasteiger partial charge in [-0.1, -0.05) is 19.4 Å². The second kappa shape index (κ2) is 6.23. The van der Waals surface area contributed by atoms with Gasteiger partial charge >= 0.3 is 0 Å². The van der Waals surface area contributed by atoms with Crippen LogP contribution in [0.3, 0.4) is 0 Å². The maximum absolute atomic E-state index is 5.15. The highest BCUT2D eigenvalue weighted by molar-refractivity contribution is 5.84. The Morgan fingerprint density at radius 2 is 2.20 bits per heavy atom. The lowest BCUT2D eigenvalue weighted by Gasteiger charge is -2.02. The van der Waals surface area contributed by atoms with Gasteiger partial charge in [-0.2, -0.15) is 0 Å². The summed E-state index contributed by atoms with van der Waals surface area (Å²) in [6.07, 6.45) is 3.50. The van der Waals surface area contributed by atoms with Crippen LogP contribution in [0.25, 0.3) is 0 Å². The lowest BCUT2D eigenvalue weighted by Crippen LogP contribution is -1.89. The zero-order valence-corrected chi connectivity index (χ0v) is 9.79. The van der Waals surface area contributed by atoms with E-state index in [1.807, 2.05) is 24.3 Å². The smallest absolute Gasteiger partial charge is 0.121 e. The van der Waals surface area contributed by atoms with Crippen LogP contribution in [0.1, 0.15) is 33.1 Å². The van der Waals surface area contributed by atoms with E-state index in [1.165, 1.54) is 18.6 Å². The molecule has 0 spiro atoms. The van der Waals surface area contributed by atoms with Crippen LogP contribution in [0.5, 0.6) is 5.75 Å². The van der Waals surface area contributed by atoms with Gasteiger partial charge in [0, 0.05) is 11.8 Å². The predicted molar refractivity (Wildman–Crippen MR) is 65.3 cm³/mol. The van der Waals surface area contributed by atoms with Gasteiger partial charge < -0.3 is 4.74 Å². The van der Waals surface area contributed by atoms with E-state index in [0.29, 0.717) is 0 Å². The number of ether oxygens (including phenoxy) is 1. The molecule has 0 bridgehead atoms. The summed E-state index contributed by atoms with van der Waals surface area (Å²) in [5.41, 5.74) is 2.16. The van der Waals surface area contributed by atoms with Crippen LogP contribution in [-0.2, 0) is 0 Å². The van der Waals surface area contributed by atoms with Gasteiger partial charge in [0.05, 0.1) is 12.8 Å². The Balaban J connectivity index is 2.69. The molecular formula is C13H19NO. The molecule has 0 aliphatic carbocycles. The first kappa shape index (κ1) is 11.8. The Morgan fingerprint density at radius 3 is 2.87 bits per heavy atom. The van der Waals surface area contributed by atoms with Crippen molar-refractivity contribution in [1.82, 2.24) is 0 Å². The molecule has 0 aliphatic rings. The van der Waals surface area contributed by atoms with Crippen LogP contribution in [0.4, 0.5) is 5.69 Å². The summed E-state index contributed by atoms with van der Waals surface area (Å²) >= 11 is 0. The minimum Gasteiger partial charge on any atom is -0.497 e. The summed E-state index contributed by atoms with van der Waals surface area (Å²) in [4.78, 5) is 4.54. The van der Waals surface area contributed by atoms with Crippen LogP contribution < -0.4 is 4.74 Å². The minimum atomic E-state index is 0.861. The fourth-order valence-electron chi connectivity index (χ4n) is 1.39. The fourth-order valence-corrected chi connectivity index (χ4v) is 1.39. The molecule has 0 amide bonds. The summed E-state index contributed by atoms with van der Waals surface area (Å²) in [5.74, 6) is 0.861. The largest absolute Gasteiger partial charge is 0.497 e. The highest BCUT2D eigenvalue weighted by atomic mass is 16.5. The van der Waals surface area contributed by atoms with Crippen LogP contribution in [0.15, 0.2) is 29.3 Å². The lowest BCUT2D eigenvalue weighted by molar-refractivity contribution is 0.415. The average molecular weight is 205 g/mol. The molecule has 1 aromatic rings. The maximum Gasteiger partial charge on any atom is 0.121 e. The molecule has 2 nitrogen and oxygen atoms in total. The average Bonchev–Trinajstić information content (AvgIpc) is 2.26. The van der Waals surface area contributed by atoms with E-state index in [4.69, 9.17) is 4.74 Å². The van der Waals surface area contributed by atoms with Gasteiger partial charge in [0.2, 0.25) is 0 Å². The van der Waals surface area contributed by atoms with Gasteiger partial charge in [0.15, 0.2) is 0 Å². The molecule has 0 aliphatic heterocycles. The Labute approximate surface area is 92.0 Å². The first-order chi connectivity index (χ1) is 7.26. The predicted octanol–water partition coefficient (Wildman–Crippen LogP) is 3.98. The summed E-state index contributed by atoms with van der Waals surface area (Å²) in [6.45, 7) is 4.27. The Hall–Kier alpha value is -1.31. The third-order valence-electron chi connectivity index (χ3n) is 2.27. The molecule has 0 heterocycles. The molecule has 82 valence electrons. The van der Waals surface area contributed by atoms with Crippen molar-refractivity contribution in [3.8, 4) is 5.75 Å². The number of nitrogens with zero attached hydrogens (tertiary/aromatic N) is 1. The van der Waals surface area contributed by atoms with E-state index in [2.05, 4.69) is 18.8 Å². The third-order valence-corrected chi connectivity index (χ3v) is 2.27. The van der Waals surface area contributed by atoms with Crippen molar-refractivity contribution in [3.63, 3.8) is 0 Å². The second-order valence-electron chi connectivity index (χ2n) is 3.65. The number of unbranched alkanes of at least 4 members (excludes halogenated alkanes) is 1. The first-order valence-corrected chi connectivity index (χ1v) is 5.44. The van der Waals surface area contributed by atoms with Crippen molar-refractivity contribution in [2.24, 2.45) is 4.99 Å². The highest BCUT2D eigenvalue weighted by Gasteiger charge is 1.95. The fraction of sp³-hybridized carbons (Fsp3) is 0.462. The van der Waals surface area contributed by atoms with Crippen LogP contribution in [0, 0.1) is 0 Å². The summed E-state index contributed by atoms with van der Waals surface area (Å²) in [7, 11) is 1.67. The molecule has 0 saturated heterocycles. The number of hydrogen-bond acceptors (Lipinski definition) is 2. The molecule has 0 saturated carbocycles. The number of hydrogen-bond donors (Lipinski definition) is 0. The zero-order valence-electron chi connectivity index (χ0n) is 9.79. The highest BCUT2D eigenvalue weighted by Crippen LogP contribution is 2.20. The second-order valence-corrected chi connectivity index (χ2v) is 3.65. The first-order valence-electron chi connectivity index (χ1n) is 5.44. The van der Waals surface area contributed by atoms with E-state index < -0.39 is 0 Å². The third kappa shape index (κ3) is 4.15. The van der Waals surface area contributed by atoms with E-state index in [-0.39, 0.29) is 0 Å². The Kier molecular flexibility index (Phi) is 4.88. The van der Waals surface area contributed by atoms with Gasteiger partial charge in [0.1, 0.15) is 5.75 Å². The van der Waals surface area contributed by atoms with Crippen LogP contribution in [0.2, 0.25) is 0 Å². The number of benzene rings is 1. The number of rotatable bonds is 5. The molecule has 1 aromatic carbocycles. The monoisotopic (exact) mass is 205 g/mol. The molecule has 0 fully saturated rings. The maximum atomic E-state index is 5.15. The van der Waals surface area contributed by atoms with Crippen molar-refractivity contribution in [2.45, 2.75) is 33.1 Å². The van der Waals surface area contributed by atoms with Crippen molar-refractivity contribution in [1.29, 1.82) is 0 Å². The minimum absolute atomic E-state index is 0.861. The molecule has 0 radical (unpaired) electrons. The van der Waals surface area contributed by atoms with Gasteiger partial charge in [0.25, 0.3) is 0 Å². The van der Waals surface area contributed by atoms with Gasteiger partial charge in [-0.3, -0.25) is 4.99 Å². The molecule has 1 rings (SSSR count). The SMILES string of the molecule is CCCCC(C)=Nc1cccc(OC)c1. The molecule has 2 heteroatoms. The van der Waals surface area contributed by atoms with Crippen LogP contribution in [-0.4, -0.2) is 12.8 Å². The van der Waals surface area contributed by atoms with E-state index in [1.54, 1.807) is 7.11 Å². The number of methoxy groups -OCH3 is 1. The Morgan fingerprint density at radius 1 is 1.40 bits per heavy atom. The van der Waals surface area contributed by atoms with Crippen molar-refractivity contribution in [3.05, 3.63) is 24.3 Å². The summed E-state index contributed by atoms with van der Waals surface area (Å²) in [5, 5.41) is 0. The Bertz CT molecular complexity index is 331. The van der Waals surface area contributed by atoms with Gasteiger partial charge in [-0.25, -0.2) is 0 Å². The van der Waals surface area contributed by atoms with Crippen molar-refractivity contribution in [2.75, 3.05) is 7.11 Å². The molecule has 0 aromatic heterocycles. The summed E-state index contributed by atoms with van der Waals surface area (Å²) < 4.78 is 5.15. The molecule has 15 heavy (non-hydrogen) atoms. The van der Waals surface area contributed by atoms with Gasteiger partial charge in [-0.05, 0) is 31.9 Å².